The third-order valence-corrected chi connectivity index (χ3v) is 6.47. The molecule has 3 unspecified atom stereocenters. The minimum atomic E-state index is -3.49. The standard InChI is InChI=1S/C12H21NO5S/c1-12(2,18-3)7-19(16,17)13-8-4-5-10(13)9(6-8)11(14)15/h8-10H,4-7H2,1-3H3,(H,14,15). The van der Waals surface area contributed by atoms with Gasteiger partial charge in [0, 0.05) is 19.2 Å². The number of hydrogen-bond acceptors (Lipinski definition) is 4. The highest BCUT2D eigenvalue weighted by Crippen LogP contribution is 2.44. The Kier molecular flexibility index (Phi) is 3.66. The average Bonchev–Trinajstić information content (AvgIpc) is 2.85. The van der Waals surface area contributed by atoms with Gasteiger partial charge in [-0.05, 0) is 33.1 Å². The second-order valence-electron chi connectivity index (χ2n) is 6.03. The summed E-state index contributed by atoms with van der Waals surface area (Å²) in [6.07, 6.45) is 1.85. The van der Waals surface area contributed by atoms with Crippen molar-refractivity contribution in [1.29, 1.82) is 0 Å². The first-order valence-electron chi connectivity index (χ1n) is 6.47. The van der Waals surface area contributed by atoms with Crippen LogP contribution in [0.5, 0.6) is 0 Å². The minimum absolute atomic E-state index is 0.115. The van der Waals surface area contributed by atoms with Crippen molar-refractivity contribution in [2.45, 2.75) is 50.8 Å². The van der Waals surface area contributed by atoms with E-state index in [4.69, 9.17) is 9.84 Å². The van der Waals surface area contributed by atoms with Crippen LogP contribution in [0, 0.1) is 5.92 Å². The maximum absolute atomic E-state index is 12.5. The summed E-state index contributed by atoms with van der Waals surface area (Å²) in [4.78, 5) is 11.2. The Morgan fingerprint density at radius 2 is 2.05 bits per heavy atom. The van der Waals surface area contributed by atoms with Gasteiger partial charge in [0.15, 0.2) is 0 Å². The van der Waals surface area contributed by atoms with Crippen molar-refractivity contribution < 1.29 is 23.1 Å². The number of fused-ring (bicyclic) bond motifs is 2. The lowest BCUT2D eigenvalue weighted by Gasteiger charge is -2.28. The van der Waals surface area contributed by atoms with Crippen LogP contribution in [0.25, 0.3) is 0 Å². The van der Waals surface area contributed by atoms with Gasteiger partial charge in [-0.25, -0.2) is 8.42 Å². The second-order valence-corrected chi connectivity index (χ2v) is 7.90. The fourth-order valence-electron chi connectivity index (χ4n) is 3.21. The number of hydrogen-bond donors (Lipinski definition) is 1. The number of carboxylic acid groups (broad SMARTS) is 1. The minimum Gasteiger partial charge on any atom is -0.481 e. The molecule has 2 aliphatic heterocycles. The molecule has 0 aliphatic carbocycles. The van der Waals surface area contributed by atoms with Gasteiger partial charge in [-0.2, -0.15) is 4.31 Å². The van der Waals surface area contributed by atoms with E-state index in [9.17, 15) is 13.2 Å². The predicted octanol–water partition coefficient (Wildman–Crippen LogP) is 0.679. The van der Waals surface area contributed by atoms with Crippen LogP contribution in [0.15, 0.2) is 0 Å². The normalized spacial score (nSPS) is 31.8. The highest BCUT2D eigenvalue weighted by atomic mass is 32.2. The summed E-state index contributed by atoms with van der Waals surface area (Å²) in [5, 5.41) is 9.15. The van der Waals surface area contributed by atoms with Gasteiger partial charge in [-0.3, -0.25) is 4.79 Å². The van der Waals surface area contributed by atoms with E-state index in [2.05, 4.69) is 0 Å². The molecule has 19 heavy (non-hydrogen) atoms. The molecule has 2 aliphatic rings. The molecule has 0 radical (unpaired) electrons. The van der Waals surface area contributed by atoms with E-state index in [1.165, 1.54) is 11.4 Å². The predicted molar refractivity (Wildman–Crippen MR) is 69.3 cm³/mol. The molecule has 2 rings (SSSR count). The first kappa shape index (κ1) is 14.7. The molecule has 2 saturated heterocycles. The number of methoxy groups -OCH3 is 1. The Hall–Kier alpha value is -0.660. The summed E-state index contributed by atoms with van der Waals surface area (Å²) in [5.74, 6) is -1.56. The van der Waals surface area contributed by atoms with Gasteiger partial charge in [0.05, 0.1) is 17.3 Å². The third kappa shape index (κ3) is 2.64. The zero-order chi connectivity index (χ0) is 14.4. The van der Waals surface area contributed by atoms with Crippen LogP contribution >= 0.6 is 0 Å². The number of aliphatic carboxylic acids is 1. The molecule has 0 amide bonds. The first-order valence-corrected chi connectivity index (χ1v) is 8.08. The molecule has 1 N–H and O–H groups in total. The van der Waals surface area contributed by atoms with Gasteiger partial charge in [0.25, 0.3) is 0 Å². The molecule has 7 heteroatoms. The van der Waals surface area contributed by atoms with Crippen molar-refractivity contribution in [3.63, 3.8) is 0 Å². The number of sulfonamides is 1. The molecule has 0 aromatic heterocycles. The van der Waals surface area contributed by atoms with Crippen LogP contribution in [0.3, 0.4) is 0 Å². The maximum atomic E-state index is 12.5. The van der Waals surface area contributed by atoms with Gasteiger partial charge in [-0.1, -0.05) is 0 Å². The van der Waals surface area contributed by atoms with E-state index >= 15 is 0 Å². The molecule has 0 spiro atoms. The van der Waals surface area contributed by atoms with Crippen molar-refractivity contribution in [3.05, 3.63) is 0 Å². The lowest BCUT2D eigenvalue weighted by Crippen LogP contribution is -2.44. The van der Waals surface area contributed by atoms with Crippen LogP contribution < -0.4 is 0 Å². The zero-order valence-electron chi connectivity index (χ0n) is 11.5. The topological polar surface area (TPSA) is 83.9 Å². The van der Waals surface area contributed by atoms with E-state index < -0.39 is 27.5 Å². The molecule has 0 saturated carbocycles. The Morgan fingerprint density at radius 1 is 1.42 bits per heavy atom. The van der Waals surface area contributed by atoms with Gasteiger partial charge in [-0.15, -0.1) is 0 Å². The van der Waals surface area contributed by atoms with E-state index in [0.717, 1.165) is 6.42 Å². The van der Waals surface area contributed by atoms with Crippen molar-refractivity contribution in [3.8, 4) is 0 Å². The Labute approximate surface area is 113 Å². The molecular formula is C12H21NO5S. The average molecular weight is 291 g/mol. The van der Waals surface area contributed by atoms with E-state index in [1.807, 2.05) is 0 Å². The van der Waals surface area contributed by atoms with Crippen molar-refractivity contribution in [2.24, 2.45) is 5.92 Å². The second kappa shape index (κ2) is 4.71. The van der Waals surface area contributed by atoms with E-state index in [0.29, 0.717) is 12.8 Å². The molecule has 6 nitrogen and oxygen atoms in total. The lowest BCUT2D eigenvalue weighted by atomic mass is 9.89. The van der Waals surface area contributed by atoms with Crippen LogP contribution in [-0.4, -0.2) is 54.3 Å². The van der Waals surface area contributed by atoms with Crippen LogP contribution in [-0.2, 0) is 19.6 Å². The molecule has 110 valence electrons. The lowest BCUT2D eigenvalue weighted by molar-refractivity contribution is -0.142. The van der Waals surface area contributed by atoms with Gasteiger partial charge in [0.1, 0.15) is 0 Å². The summed E-state index contributed by atoms with van der Waals surface area (Å²) < 4.78 is 31.6. The Morgan fingerprint density at radius 3 is 2.53 bits per heavy atom. The highest BCUT2D eigenvalue weighted by Gasteiger charge is 2.54. The number of carbonyl (C=O) groups is 1. The molecule has 0 aromatic rings. The fourth-order valence-corrected chi connectivity index (χ4v) is 5.67. The van der Waals surface area contributed by atoms with Gasteiger partial charge in [0.2, 0.25) is 10.0 Å². The Bertz CT molecular complexity index is 473. The van der Waals surface area contributed by atoms with Crippen molar-refractivity contribution in [2.75, 3.05) is 12.9 Å². The summed E-state index contributed by atoms with van der Waals surface area (Å²) in [6.45, 7) is 3.44. The molecule has 2 fully saturated rings. The molecule has 0 aromatic carbocycles. The number of rotatable bonds is 5. The number of ether oxygens (including phenoxy) is 1. The maximum Gasteiger partial charge on any atom is 0.308 e. The summed E-state index contributed by atoms with van der Waals surface area (Å²) in [6, 6.07) is -0.524. The van der Waals surface area contributed by atoms with Gasteiger partial charge >= 0.3 is 5.97 Å². The monoisotopic (exact) mass is 291 g/mol. The van der Waals surface area contributed by atoms with Crippen LogP contribution in [0.2, 0.25) is 0 Å². The van der Waals surface area contributed by atoms with E-state index in [-0.39, 0.29) is 17.8 Å². The first-order chi connectivity index (χ1) is 8.68. The van der Waals surface area contributed by atoms with E-state index in [1.54, 1.807) is 13.8 Å². The molecule has 2 heterocycles. The SMILES string of the molecule is COC(C)(C)CS(=O)(=O)N1C2CCC1C(C(=O)O)C2. The molecule has 2 bridgehead atoms. The van der Waals surface area contributed by atoms with Crippen molar-refractivity contribution >= 4 is 16.0 Å². The summed E-state index contributed by atoms with van der Waals surface area (Å²) in [7, 11) is -2.01. The third-order valence-electron chi connectivity index (χ3n) is 4.19. The van der Waals surface area contributed by atoms with Crippen LogP contribution in [0.4, 0.5) is 0 Å². The largest absolute Gasteiger partial charge is 0.481 e. The number of carboxylic acids is 1. The Balaban J connectivity index is 2.21. The molecule has 3 atom stereocenters. The van der Waals surface area contributed by atoms with Gasteiger partial charge < -0.3 is 9.84 Å². The molecular weight excluding hydrogens is 270 g/mol. The summed E-state index contributed by atoms with van der Waals surface area (Å²) >= 11 is 0. The quantitative estimate of drug-likeness (QED) is 0.805. The fraction of sp³-hybridized carbons (Fsp3) is 0.917. The smallest absolute Gasteiger partial charge is 0.308 e. The zero-order valence-corrected chi connectivity index (χ0v) is 12.3. The number of nitrogens with zero attached hydrogens (tertiary/aromatic N) is 1. The highest BCUT2D eigenvalue weighted by molar-refractivity contribution is 7.89. The van der Waals surface area contributed by atoms with Crippen LogP contribution in [0.1, 0.15) is 33.1 Å². The van der Waals surface area contributed by atoms with Crippen molar-refractivity contribution in [1.82, 2.24) is 4.31 Å². The summed E-state index contributed by atoms with van der Waals surface area (Å²) in [5.41, 5.74) is -0.764.